The Morgan fingerprint density at radius 1 is 0.880 bits per heavy atom. The SMILES string of the molecule is C[C@H]1O[C@H](O)[C@H](OCc2ccccc2)[C@@H](OCc2ccccc2)[C@@H]1I. The quantitative estimate of drug-likeness (QED) is 0.535. The van der Waals surface area contributed by atoms with Crippen LogP contribution in [0.3, 0.4) is 0 Å². The lowest BCUT2D eigenvalue weighted by atomic mass is 10.0. The molecule has 1 heterocycles. The van der Waals surface area contributed by atoms with Crippen molar-refractivity contribution < 1.29 is 19.3 Å². The van der Waals surface area contributed by atoms with Crippen molar-refractivity contribution in [3.05, 3.63) is 71.8 Å². The first-order chi connectivity index (χ1) is 12.1. The summed E-state index contributed by atoms with van der Waals surface area (Å²) in [5.74, 6) is 0. The molecule has 1 saturated heterocycles. The number of ether oxygens (including phenoxy) is 3. The van der Waals surface area contributed by atoms with Gasteiger partial charge in [-0.25, -0.2) is 0 Å². The van der Waals surface area contributed by atoms with Crippen LogP contribution in [-0.4, -0.2) is 33.6 Å². The van der Waals surface area contributed by atoms with E-state index in [1.165, 1.54) is 0 Å². The van der Waals surface area contributed by atoms with E-state index in [9.17, 15) is 5.11 Å². The van der Waals surface area contributed by atoms with Crippen molar-refractivity contribution in [3.63, 3.8) is 0 Å². The number of alkyl halides is 1. The minimum atomic E-state index is -0.995. The summed E-state index contributed by atoms with van der Waals surface area (Å²) < 4.78 is 17.9. The van der Waals surface area contributed by atoms with Gasteiger partial charge in [-0.3, -0.25) is 0 Å². The van der Waals surface area contributed by atoms with Gasteiger partial charge >= 0.3 is 0 Å². The lowest BCUT2D eigenvalue weighted by Gasteiger charge is -2.41. The molecule has 0 unspecified atom stereocenters. The Bertz CT molecular complexity index is 637. The van der Waals surface area contributed by atoms with Crippen molar-refractivity contribution in [3.8, 4) is 0 Å². The molecule has 0 aliphatic carbocycles. The van der Waals surface area contributed by atoms with Crippen LogP contribution in [0.2, 0.25) is 0 Å². The van der Waals surface area contributed by atoms with Gasteiger partial charge in [0.05, 0.1) is 23.2 Å². The molecule has 2 aromatic carbocycles. The number of hydrogen-bond donors (Lipinski definition) is 1. The lowest BCUT2D eigenvalue weighted by molar-refractivity contribution is -0.263. The Balaban J connectivity index is 1.67. The molecule has 0 spiro atoms. The molecule has 0 bridgehead atoms. The van der Waals surface area contributed by atoms with E-state index in [2.05, 4.69) is 22.6 Å². The minimum absolute atomic E-state index is 0.0884. The van der Waals surface area contributed by atoms with Gasteiger partial charge in [-0.2, -0.15) is 0 Å². The predicted octanol–water partition coefficient (Wildman–Crippen LogP) is 3.70. The van der Waals surface area contributed by atoms with Crippen LogP contribution >= 0.6 is 22.6 Å². The zero-order chi connectivity index (χ0) is 17.6. The maximum Gasteiger partial charge on any atom is 0.184 e. The highest BCUT2D eigenvalue weighted by Gasteiger charge is 2.44. The standard InChI is InChI=1S/C20H23IO4/c1-14-17(21)18(23-12-15-8-4-2-5-9-15)19(20(22)25-14)24-13-16-10-6-3-7-11-16/h2-11,14,17-20,22H,12-13H2,1H3/t14-,17-,18+,19-,20+/m1/s1. The van der Waals surface area contributed by atoms with Gasteiger partial charge in [0.2, 0.25) is 0 Å². The molecular weight excluding hydrogens is 431 g/mol. The van der Waals surface area contributed by atoms with E-state index in [0.717, 1.165) is 11.1 Å². The maximum atomic E-state index is 10.4. The summed E-state index contributed by atoms with van der Waals surface area (Å²) in [5, 5.41) is 10.4. The highest BCUT2D eigenvalue weighted by molar-refractivity contribution is 14.1. The van der Waals surface area contributed by atoms with Crippen LogP contribution in [0, 0.1) is 0 Å². The fourth-order valence-corrected chi connectivity index (χ4v) is 3.67. The average molecular weight is 454 g/mol. The van der Waals surface area contributed by atoms with Gasteiger partial charge in [0.15, 0.2) is 6.29 Å². The van der Waals surface area contributed by atoms with Gasteiger partial charge in [-0.15, -0.1) is 0 Å². The molecule has 1 aliphatic heterocycles. The first-order valence-electron chi connectivity index (χ1n) is 8.44. The fraction of sp³-hybridized carbons (Fsp3) is 0.400. The Labute approximate surface area is 162 Å². The second-order valence-corrected chi connectivity index (χ2v) is 7.64. The summed E-state index contributed by atoms with van der Waals surface area (Å²) >= 11 is 2.33. The first-order valence-corrected chi connectivity index (χ1v) is 9.68. The number of aliphatic hydroxyl groups excluding tert-OH is 1. The van der Waals surface area contributed by atoms with Gasteiger partial charge in [-0.05, 0) is 18.1 Å². The Morgan fingerprint density at radius 3 is 1.88 bits per heavy atom. The van der Waals surface area contributed by atoms with Crippen molar-refractivity contribution in [2.45, 2.75) is 48.7 Å². The maximum absolute atomic E-state index is 10.4. The summed E-state index contributed by atoms with van der Waals surface area (Å²) in [4.78, 5) is 0. The van der Waals surface area contributed by atoms with Crippen LogP contribution in [0.25, 0.3) is 0 Å². The second-order valence-electron chi connectivity index (χ2n) is 6.20. The average Bonchev–Trinajstić information content (AvgIpc) is 2.64. The number of rotatable bonds is 6. The molecule has 0 amide bonds. The molecule has 4 nitrogen and oxygen atoms in total. The van der Waals surface area contributed by atoms with E-state index in [-0.39, 0.29) is 16.1 Å². The van der Waals surface area contributed by atoms with Crippen molar-refractivity contribution in [1.82, 2.24) is 0 Å². The van der Waals surface area contributed by atoms with Gasteiger partial charge in [-0.1, -0.05) is 83.3 Å². The third kappa shape index (κ3) is 5.01. The normalized spacial score (nSPS) is 29.5. The van der Waals surface area contributed by atoms with Gasteiger partial charge in [0, 0.05) is 0 Å². The number of hydrogen-bond acceptors (Lipinski definition) is 4. The molecule has 5 atom stereocenters. The summed E-state index contributed by atoms with van der Waals surface area (Å²) in [6.07, 6.45) is -1.87. The van der Waals surface area contributed by atoms with Crippen molar-refractivity contribution in [2.75, 3.05) is 0 Å². The number of aliphatic hydroxyl groups is 1. The summed E-state index contributed by atoms with van der Waals surface area (Å²) in [6.45, 7) is 2.84. The van der Waals surface area contributed by atoms with Gasteiger partial charge in [0.1, 0.15) is 12.2 Å². The Kier molecular flexibility index (Phi) is 6.84. The fourth-order valence-electron chi connectivity index (χ4n) is 2.88. The van der Waals surface area contributed by atoms with Crippen LogP contribution in [-0.2, 0) is 27.4 Å². The minimum Gasteiger partial charge on any atom is -0.369 e. The van der Waals surface area contributed by atoms with Crippen LogP contribution in [0.1, 0.15) is 18.1 Å². The van der Waals surface area contributed by atoms with Gasteiger partial charge < -0.3 is 19.3 Å². The monoisotopic (exact) mass is 454 g/mol. The molecule has 2 aromatic rings. The van der Waals surface area contributed by atoms with Crippen LogP contribution < -0.4 is 0 Å². The Hall–Kier alpha value is -0.990. The second kappa shape index (κ2) is 9.09. The molecule has 0 saturated carbocycles. The zero-order valence-electron chi connectivity index (χ0n) is 14.1. The first kappa shape index (κ1) is 18.8. The van der Waals surface area contributed by atoms with Gasteiger partial charge in [0.25, 0.3) is 0 Å². The van der Waals surface area contributed by atoms with E-state index in [0.29, 0.717) is 13.2 Å². The molecule has 25 heavy (non-hydrogen) atoms. The highest BCUT2D eigenvalue weighted by atomic mass is 127. The zero-order valence-corrected chi connectivity index (χ0v) is 16.3. The molecule has 0 aromatic heterocycles. The summed E-state index contributed by atoms with van der Waals surface area (Å²) in [5.41, 5.74) is 2.15. The van der Waals surface area contributed by atoms with Crippen LogP contribution in [0.15, 0.2) is 60.7 Å². The predicted molar refractivity (Wildman–Crippen MR) is 104 cm³/mol. The van der Waals surface area contributed by atoms with E-state index < -0.39 is 12.4 Å². The molecule has 3 rings (SSSR count). The third-order valence-corrected chi connectivity index (χ3v) is 6.01. The smallest absolute Gasteiger partial charge is 0.184 e. The third-order valence-electron chi connectivity index (χ3n) is 4.29. The molecule has 1 N–H and O–H groups in total. The molecule has 0 radical (unpaired) electrons. The van der Waals surface area contributed by atoms with E-state index >= 15 is 0 Å². The van der Waals surface area contributed by atoms with Crippen LogP contribution in [0.4, 0.5) is 0 Å². The molecule has 1 aliphatic rings. The highest BCUT2D eigenvalue weighted by Crippen LogP contribution is 2.31. The van der Waals surface area contributed by atoms with Crippen molar-refractivity contribution in [2.24, 2.45) is 0 Å². The molecular formula is C20H23IO4. The summed E-state index contributed by atoms with van der Waals surface area (Å²) in [7, 11) is 0. The topological polar surface area (TPSA) is 47.9 Å². The lowest BCUT2D eigenvalue weighted by Crippen LogP contribution is -2.56. The molecule has 5 heteroatoms. The molecule has 134 valence electrons. The molecule has 1 fully saturated rings. The Morgan fingerprint density at radius 2 is 1.36 bits per heavy atom. The van der Waals surface area contributed by atoms with Crippen LogP contribution in [0.5, 0.6) is 0 Å². The van der Waals surface area contributed by atoms with Crippen molar-refractivity contribution >= 4 is 22.6 Å². The van der Waals surface area contributed by atoms with E-state index in [4.69, 9.17) is 14.2 Å². The largest absolute Gasteiger partial charge is 0.369 e. The van der Waals surface area contributed by atoms with E-state index in [1.807, 2.05) is 67.6 Å². The number of halogens is 1. The van der Waals surface area contributed by atoms with E-state index in [1.54, 1.807) is 0 Å². The number of benzene rings is 2. The van der Waals surface area contributed by atoms with Crippen molar-refractivity contribution in [1.29, 1.82) is 0 Å². The summed E-state index contributed by atoms with van der Waals surface area (Å²) in [6, 6.07) is 19.9.